The van der Waals surface area contributed by atoms with Crippen molar-refractivity contribution in [2.45, 2.75) is 51.8 Å². The molecule has 3 N–H and O–H groups in total. The third-order valence-electron chi connectivity index (χ3n) is 3.00. The van der Waals surface area contributed by atoms with Crippen LogP contribution in [0.5, 0.6) is 0 Å². The Kier molecular flexibility index (Phi) is 6.40. The number of nitrogens with two attached hydrogens (primary N) is 1. The Bertz CT molecular complexity index is 261. The Morgan fingerprint density at radius 2 is 1.73 bits per heavy atom. The monoisotopic (exact) mass is 236 g/mol. The smallest absolute Gasteiger partial charge is 0.215 e. The van der Waals surface area contributed by atoms with Gasteiger partial charge >= 0.3 is 0 Å². The van der Waals surface area contributed by atoms with Gasteiger partial charge < -0.3 is 5.73 Å². The summed E-state index contributed by atoms with van der Waals surface area (Å²) >= 11 is 0. The van der Waals surface area contributed by atoms with E-state index in [9.17, 15) is 8.42 Å². The van der Waals surface area contributed by atoms with E-state index in [0.29, 0.717) is 12.3 Å². The van der Waals surface area contributed by atoms with Crippen LogP contribution in [-0.4, -0.2) is 26.3 Å². The van der Waals surface area contributed by atoms with Crippen molar-refractivity contribution in [3.63, 3.8) is 0 Å². The molecule has 0 spiro atoms. The maximum Gasteiger partial charge on any atom is 0.215 e. The third kappa shape index (κ3) is 4.49. The van der Waals surface area contributed by atoms with Crippen LogP contribution in [0.25, 0.3) is 0 Å². The van der Waals surface area contributed by atoms with Gasteiger partial charge in [-0.05, 0) is 19.3 Å². The van der Waals surface area contributed by atoms with Gasteiger partial charge in [0.15, 0.2) is 0 Å². The molecule has 0 rings (SSSR count). The second-order valence-electron chi connectivity index (χ2n) is 4.10. The summed E-state index contributed by atoms with van der Waals surface area (Å²) in [7, 11) is -3.25. The first kappa shape index (κ1) is 14.9. The molecule has 5 heteroatoms. The molecule has 3 atom stereocenters. The van der Waals surface area contributed by atoms with E-state index in [0.717, 1.165) is 6.42 Å². The zero-order valence-electron chi connectivity index (χ0n) is 10.2. The van der Waals surface area contributed by atoms with Gasteiger partial charge in [-0.2, -0.15) is 0 Å². The quantitative estimate of drug-likeness (QED) is 0.694. The van der Waals surface area contributed by atoms with Crippen LogP contribution < -0.4 is 10.5 Å². The molecule has 0 aliphatic rings. The zero-order valence-corrected chi connectivity index (χ0v) is 11.0. The van der Waals surface area contributed by atoms with Gasteiger partial charge in [0.05, 0.1) is 5.25 Å². The van der Waals surface area contributed by atoms with Crippen LogP contribution in [0.3, 0.4) is 0 Å². The van der Waals surface area contributed by atoms with Crippen LogP contribution in [0.4, 0.5) is 0 Å². The van der Waals surface area contributed by atoms with Crippen molar-refractivity contribution in [1.29, 1.82) is 0 Å². The van der Waals surface area contributed by atoms with Gasteiger partial charge in [-0.25, -0.2) is 13.1 Å². The molecular weight excluding hydrogens is 212 g/mol. The topological polar surface area (TPSA) is 72.2 Å². The lowest BCUT2D eigenvalue weighted by Crippen LogP contribution is -2.44. The fourth-order valence-corrected chi connectivity index (χ4v) is 2.97. The third-order valence-corrected chi connectivity index (χ3v) is 5.11. The van der Waals surface area contributed by atoms with Gasteiger partial charge in [0.2, 0.25) is 10.0 Å². The van der Waals surface area contributed by atoms with Crippen molar-refractivity contribution >= 4 is 10.0 Å². The van der Waals surface area contributed by atoms with Gasteiger partial charge in [-0.3, -0.25) is 0 Å². The Hall–Kier alpha value is -0.130. The molecule has 92 valence electrons. The van der Waals surface area contributed by atoms with Gasteiger partial charge in [0.1, 0.15) is 0 Å². The zero-order chi connectivity index (χ0) is 12.1. The van der Waals surface area contributed by atoms with Crippen molar-refractivity contribution in [2.75, 3.05) is 6.54 Å². The van der Waals surface area contributed by atoms with Gasteiger partial charge in [-0.1, -0.05) is 27.2 Å². The van der Waals surface area contributed by atoms with Crippen molar-refractivity contribution in [3.05, 3.63) is 0 Å². The molecule has 0 aromatic heterocycles. The molecule has 0 saturated carbocycles. The highest BCUT2D eigenvalue weighted by molar-refractivity contribution is 7.90. The number of sulfonamides is 1. The van der Waals surface area contributed by atoms with E-state index < -0.39 is 15.3 Å². The van der Waals surface area contributed by atoms with Crippen LogP contribution in [0, 0.1) is 5.92 Å². The highest BCUT2D eigenvalue weighted by Crippen LogP contribution is 2.10. The minimum atomic E-state index is -3.25. The van der Waals surface area contributed by atoms with E-state index in [4.69, 9.17) is 5.73 Å². The summed E-state index contributed by atoms with van der Waals surface area (Å²) in [6.07, 6.45) is 1.52. The molecule has 0 fully saturated rings. The van der Waals surface area contributed by atoms with E-state index in [2.05, 4.69) is 11.6 Å². The summed E-state index contributed by atoms with van der Waals surface area (Å²) in [6, 6.07) is -0.0272. The lowest BCUT2D eigenvalue weighted by molar-refractivity contribution is 0.430. The fourth-order valence-electron chi connectivity index (χ4n) is 1.34. The second-order valence-corrected chi connectivity index (χ2v) is 6.10. The largest absolute Gasteiger partial charge is 0.329 e. The van der Waals surface area contributed by atoms with Crippen LogP contribution in [0.15, 0.2) is 0 Å². The minimum Gasteiger partial charge on any atom is -0.329 e. The molecule has 0 bridgehead atoms. The molecule has 0 saturated heterocycles. The summed E-state index contributed by atoms with van der Waals surface area (Å²) in [5.74, 6) is 0.343. The first-order chi connectivity index (χ1) is 6.88. The minimum absolute atomic E-state index is 0.0272. The summed E-state index contributed by atoms with van der Waals surface area (Å²) in [5, 5.41) is -0.469. The van der Waals surface area contributed by atoms with Crippen molar-refractivity contribution in [2.24, 2.45) is 11.7 Å². The van der Waals surface area contributed by atoms with Crippen LogP contribution >= 0.6 is 0 Å². The maximum absolute atomic E-state index is 11.8. The highest BCUT2D eigenvalue weighted by atomic mass is 32.2. The lowest BCUT2D eigenvalue weighted by Gasteiger charge is -2.23. The molecule has 0 aliphatic carbocycles. The first-order valence-electron chi connectivity index (χ1n) is 5.60. The van der Waals surface area contributed by atoms with E-state index in [-0.39, 0.29) is 12.6 Å². The van der Waals surface area contributed by atoms with Crippen LogP contribution in [0.1, 0.15) is 40.5 Å². The number of rotatable bonds is 7. The Balaban J connectivity index is 4.50. The standard InChI is InChI=1S/C10H24N2O2S/c1-5-8(3)9(4)12-15(13,14)10(6-2)7-11/h8-10,12H,5-7,11H2,1-4H3. The fraction of sp³-hybridized carbons (Fsp3) is 1.00. The Morgan fingerprint density at radius 1 is 1.20 bits per heavy atom. The normalized spacial score (nSPS) is 18.5. The molecule has 15 heavy (non-hydrogen) atoms. The van der Waals surface area contributed by atoms with E-state index in [1.54, 1.807) is 0 Å². The average molecular weight is 236 g/mol. The molecule has 0 aliphatic heterocycles. The van der Waals surface area contributed by atoms with Crippen molar-refractivity contribution in [3.8, 4) is 0 Å². The Labute approximate surface area is 93.7 Å². The van der Waals surface area contributed by atoms with Crippen molar-refractivity contribution in [1.82, 2.24) is 4.72 Å². The van der Waals surface area contributed by atoms with Gasteiger partial charge in [0.25, 0.3) is 0 Å². The molecular formula is C10H24N2O2S. The number of hydrogen-bond donors (Lipinski definition) is 2. The molecule has 0 aromatic carbocycles. The molecule has 0 radical (unpaired) electrons. The number of hydrogen-bond acceptors (Lipinski definition) is 3. The summed E-state index contributed by atoms with van der Waals surface area (Å²) in [5.41, 5.74) is 5.43. The average Bonchev–Trinajstić information content (AvgIpc) is 2.17. The highest BCUT2D eigenvalue weighted by Gasteiger charge is 2.25. The summed E-state index contributed by atoms with van der Waals surface area (Å²) in [4.78, 5) is 0. The second kappa shape index (κ2) is 6.45. The predicted octanol–water partition coefficient (Wildman–Crippen LogP) is 1.08. The van der Waals surface area contributed by atoms with Gasteiger partial charge in [0, 0.05) is 12.6 Å². The van der Waals surface area contributed by atoms with Crippen LogP contribution in [0.2, 0.25) is 0 Å². The summed E-state index contributed by atoms with van der Waals surface area (Å²) < 4.78 is 26.4. The molecule has 3 unspecified atom stereocenters. The molecule has 0 heterocycles. The van der Waals surface area contributed by atoms with E-state index >= 15 is 0 Å². The first-order valence-corrected chi connectivity index (χ1v) is 7.14. The Morgan fingerprint density at radius 3 is 2.07 bits per heavy atom. The van der Waals surface area contributed by atoms with E-state index in [1.807, 2.05) is 20.8 Å². The van der Waals surface area contributed by atoms with Crippen LogP contribution in [-0.2, 0) is 10.0 Å². The predicted molar refractivity (Wildman–Crippen MR) is 64.1 cm³/mol. The van der Waals surface area contributed by atoms with E-state index in [1.165, 1.54) is 0 Å². The van der Waals surface area contributed by atoms with Gasteiger partial charge in [-0.15, -0.1) is 0 Å². The summed E-state index contributed by atoms with van der Waals surface area (Å²) in [6.45, 7) is 8.00. The maximum atomic E-state index is 11.8. The molecule has 0 aromatic rings. The SMILES string of the molecule is CCC(C)C(C)NS(=O)(=O)C(CC)CN. The molecule has 4 nitrogen and oxygen atoms in total. The molecule has 0 amide bonds. The van der Waals surface area contributed by atoms with Crippen molar-refractivity contribution < 1.29 is 8.42 Å². The lowest BCUT2D eigenvalue weighted by atomic mass is 10.0. The number of nitrogens with one attached hydrogen (secondary N) is 1.